The Bertz CT molecular complexity index is 1320. The Kier molecular flexibility index (Phi) is 38.2. The fourth-order valence-corrected chi connectivity index (χ4v) is 5.89. The fraction of sp³-hybridized carbons (Fsp3) is 0.625. The maximum absolute atomic E-state index is 12.7. The molecule has 2 atom stereocenters. The van der Waals surface area contributed by atoms with E-state index in [-0.39, 0.29) is 32.7 Å². The predicted octanol–water partition coefficient (Wildman–Crippen LogP) is 11.5. The summed E-state index contributed by atoms with van der Waals surface area (Å²) in [6.07, 6.45) is 50.6. The summed E-state index contributed by atoms with van der Waals surface area (Å²) in [5, 5.41) is 8.80. The van der Waals surface area contributed by atoms with E-state index in [1.807, 2.05) is 33.3 Å². The van der Waals surface area contributed by atoms with E-state index in [1.165, 1.54) is 25.7 Å². The van der Waals surface area contributed by atoms with E-state index in [9.17, 15) is 19.0 Å². The number of hydrogen-bond donors (Lipinski definition) is 2. The molecule has 0 spiro atoms. The number of aliphatic hydroxyl groups is 1. The molecule has 0 aliphatic rings. The summed E-state index contributed by atoms with van der Waals surface area (Å²) in [6.45, 7) is 2.23. The van der Waals surface area contributed by atoms with Crippen LogP contribution in [0.2, 0.25) is 0 Å². The molecule has 0 heterocycles. The Morgan fingerprint density at radius 2 is 0.983 bits per heavy atom. The maximum Gasteiger partial charge on any atom is 0.472 e. The highest BCUT2D eigenvalue weighted by molar-refractivity contribution is 7.47. The van der Waals surface area contributed by atoms with Gasteiger partial charge in [-0.15, -0.1) is 0 Å². The van der Waals surface area contributed by atoms with Crippen LogP contribution >= 0.6 is 7.82 Å². The number of carbonyl (C=O) groups is 2. The van der Waals surface area contributed by atoms with Crippen molar-refractivity contribution < 1.29 is 47.2 Å². The summed E-state index contributed by atoms with van der Waals surface area (Å²) in [7, 11) is 1.38. The second-order valence-corrected chi connectivity index (χ2v) is 16.9. The van der Waals surface area contributed by atoms with Crippen molar-refractivity contribution in [2.24, 2.45) is 0 Å². The first kappa shape index (κ1) is 55.9. The van der Waals surface area contributed by atoms with Crippen LogP contribution in [0.4, 0.5) is 0 Å². The average Bonchev–Trinajstić information content (AvgIpc) is 3.19. The molecule has 0 fully saturated rings. The van der Waals surface area contributed by atoms with Gasteiger partial charge in [0.05, 0.1) is 27.7 Å². The lowest BCUT2D eigenvalue weighted by atomic mass is 10.2. The third-order valence-corrected chi connectivity index (χ3v) is 9.63. The SMILES string of the molecule is CCCCC/C=C\C/C=C\C/C=C\C/C=C\CCCC(=O)OC[C@H](COP(=O)(O)OCC[N+](C)(C)C)OC(=O)CCC/C=C\C/C=C\C/C=C\C/C=C\CCCCCO. The number of quaternary nitrogens is 1. The minimum absolute atomic E-state index is 0.00253. The van der Waals surface area contributed by atoms with Crippen LogP contribution in [0.25, 0.3) is 0 Å². The van der Waals surface area contributed by atoms with Crippen molar-refractivity contribution in [2.45, 2.75) is 141 Å². The van der Waals surface area contributed by atoms with Gasteiger partial charge in [-0.2, -0.15) is 0 Å². The zero-order valence-electron chi connectivity index (χ0n) is 37.1. The second-order valence-electron chi connectivity index (χ2n) is 15.4. The van der Waals surface area contributed by atoms with Crippen LogP contribution in [-0.2, 0) is 32.7 Å². The van der Waals surface area contributed by atoms with Crippen LogP contribution in [0.3, 0.4) is 0 Å². The Morgan fingerprint density at radius 1 is 0.559 bits per heavy atom. The molecular weight excluding hydrogens is 765 g/mol. The first-order valence-electron chi connectivity index (χ1n) is 22.1. The largest absolute Gasteiger partial charge is 0.472 e. The van der Waals surface area contributed by atoms with Gasteiger partial charge in [0, 0.05) is 19.4 Å². The Balaban J connectivity index is 4.57. The molecule has 0 saturated carbocycles. The summed E-state index contributed by atoms with van der Waals surface area (Å²) < 4.78 is 34.1. The lowest BCUT2D eigenvalue weighted by Gasteiger charge is -2.24. The second kappa shape index (κ2) is 40.3. The van der Waals surface area contributed by atoms with E-state index in [4.69, 9.17) is 23.6 Å². The van der Waals surface area contributed by atoms with Crippen LogP contribution in [-0.4, -0.2) is 86.6 Å². The zero-order chi connectivity index (χ0) is 43.6. The lowest BCUT2D eigenvalue weighted by Crippen LogP contribution is -2.37. The molecule has 0 bridgehead atoms. The summed E-state index contributed by atoms with van der Waals surface area (Å²) in [6, 6.07) is 0. The van der Waals surface area contributed by atoms with E-state index in [2.05, 4.69) is 92.0 Å². The van der Waals surface area contributed by atoms with Gasteiger partial charge in [-0.3, -0.25) is 18.6 Å². The highest BCUT2D eigenvalue weighted by Crippen LogP contribution is 2.43. The first-order chi connectivity index (χ1) is 28.5. The van der Waals surface area contributed by atoms with Gasteiger partial charge in [-0.05, 0) is 96.3 Å². The molecule has 0 aliphatic heterocycles. The van der Waals surface area contributed by atoms with Gasteiger partial charge < -0.3 is 24.0 Å². The molecule has 0 aromatic rings. The number of likely N-dealkylation sites (N-methyl/N-ethyl adjacent to an activating group) is 1. The molecule has 0 aliphatic carbocycles. The highest BCUT2D eigenvalue weighted by atomic mass is 31.2. The predicted molar refractivity (Wildman–Crippen MR) is 244 cm³/mol. The monoisotopic (exact) mass is 847 g/mol. The number of unbranched alkanes of at least 4 members (excludes halogenated alkanes) is 8. The van der Waals surface area contributed by atoms with Crippen molar-refractivity contribution in [3.8, 4) is 0 Å². The van der Waals surface area contributed by atoms with E-state index in [0.717, 1.165) is 70.6 Å². The third kappa shape index (κ3) is 44.3. The van der Waals surface area contributed by atoms with Crippen LogP contribution in [0.15, 0.2) is 97.2 Å². The van der Waals surface area contributed by atoms with E-state index < -0.39 is 32.5 Å². The number of aliphatic hydroxyl groups excluding tert-OH is 1. The fourth-order valence-electron chi connectivity index (χ4n) is 5.15. The van der Waals surface area contributed by atoms with E-state index in [0.29, 0.717) is 30.3 Å². The molecule has 1 unspecified atom stereocenters. The molecule has 336 valence electrons. The minimum Gasteiger partial charge on any atom is -0.462 e. The number of allylic oxidation sites excluding steroid dienone is 16. The average molecular weight is 847 g/mol. The van der Waals surface area contributed by atoms with Gasteiger partial charge in [0.1, 0.15) is 19.8 Å². The summed E-state index contributed by atoms with van der Waals surface area (Å²) in [5.41, 5.74) is 0. The van der Waals surface area contributed by atoms with Crippen molar-refractivity contribution in [3.05, 3.63) is 97.2 Å². The van der Waals surface area contributed by atoms with Crippen LogP contribution in [0.5, 0.6) is 0 Å². The standard InChI is InChI=1S/C48H80NO9P/c1-5-6-7-8-9-10-11-12-13-15-18-21-24-27-30-33-36-39-47(51)55-44-46(45-57-59(53,54)56-43-41-49(2,3)4)58-48(52)40-37-34-31-28-25-22-19-16-14-17-20-23-26-29-32-35-38-42-50/h9-10,12-14,17-19,21-23,26-28,30-31,46,50H,5-8,11,15-16,20,24-25,29,32-45H2,1-4H3/p+1/b10-9-,13-12-,17-14-,21-18-,22-19-,26-23-,30-27-,31-28-/t46-/m1/s1. The van der Waals surface area contributed by atoms with Gasteiger partial charge in [0.25, 0.3) is 0 Å². The number of hydrogen-bond acceptors (Lipinski definition) is 8. The van der Waals surface area contributed by atoms with Crippen molar-refractivity contribution in [1.82, 2.24) is 0 Å². The topological polar surface area (TPSA) is 129 Å². The smallest absolute Gasteiger partial charge is 0.462 e. The van der Waals surface area contributed by atoms with Crippen molar-refractivity contribution >= 4 is 19.8 Å². The van der Waals surface area contributed by atoms with E-state index >= 15 is 0 Å². The molecule has 0 radical (unpaired) electrons. The number of carbonyl (C=O) groups excluding carboxylic acids is 2. The Labute approximate surface area is 358 Å². The van der Waals surface area contributed by atoms with Crippen LogP contribution < -0.4 is 0 Å². The summed E-state index contributed by atoms with van der Waals surface area (Å²) in [5.74, 6) is -0.955. The minimum atomic E-state index is -4.42. The Hall–Kier alpha value is -3.11. The lowest BCUT2D eigenvalue weighted by molar-refractivity contribution is -0.870. The number of phosphoric ester groups is 1. The number of nitrogens with zero attached hydrogens (tertiary/aromatic N) is 1. The number of phosphoric acid groups is 1. The normalized spacial score (nSPS) is 14.5. The molecule has 0 rings (SSSR count). The van der Waals surface area contributed by atoms with Gasteiger partial charge in [0.15, 0.2) is 6.10 Å². The molecule has 11 heteroatoms. The van der Waals surface area contributed by atoms with Crippen molar-refractivity contribution in [2.75, 3.05) is 54.1 Å². The number of rotatable bonds is 39. The molecule has 10 nitrogen and oxygen atoms in total. The van der Waals surface area contributed by atoms with Gasteiger partial charge >= 0.3 is 19.8 Å². The molecular formula is C48H81NO9P+. The van der Waals surface area contributed by atoms with E-state index in [1.54, 1.807) is 0 Å². The van der Waals surface area contributed by atoms with Gasteiger partial charge in [-0.25, -0.2) is 4.57 Å². The molecule has 0 aromatic carbocycles. The third-order valence-electron chi connectivity index (χ3n) is 8.64. The zero-order valence-corrected chi connectivity index (χ0v) is 38.0. The highest BCUT2D eigenvalue weighted by Gasteiger charge is 2.27. The van der Waals surface area contributed by atoms with Crippen LogP contribution in [0, 0.1) is 0 Å². The number of esters is 2. The first-order valence-corrected chi connectivity index (χ1v) is 23.6. The summed E-state index contributed by atoms with van der Waals surface area (Å²) >= 11 is 0. The number of ether oxygens (including phenoxy) is 2. The molecule has 2 N–H and O–H groups in total. The quantitative estimate of drug-likeness (QED) is 0.0204. The van der Waals surface area contributed by atoms with Crippen molar-refractivity contribution in [3.63, 3.8) is 0 Å². The van der Waals surface area contributed by atoms with Gasteiger partial charge in [-0.1, -0.05) is 123 Å². The van der Waals surface area contributed by atoms with Gasteiger partial charge in [0.2, 0.25) is 0 Å². The molecule has 0 aromatic heterocycles. The van der Waals surface area contributed by atoms with Crippen molar-refractivity contribution in [1.29, 1.82) is 0 Å². The summed E-state index contributed by atoms with van der Waals surface area (Å²) in [4.78, 5) is 35.3. The molecule has 0 saturated heterocycles. The molecule has 59 heavy (non-hydrogen) atoms. The van der Waals surface area contributed by atoms with Crippen LogP contribution in [0.1, 0.15) is 135 Å². The maximum atomic E-state index is 12.7. The Morgan fingerprint density at radius 3 is 1.42 bits per heavy atom. The molecule has 0 amide bonds.